The third-order valence-corrected chi connectivity index (χ3v) is 3.26. The average molecular weight is 264 g/mol. The Balaban J connectivity index is 2.19. The van der Waals surface area contributed by atoms with Crippen molar-refractivity contribution >= 4 is 5.97 Å². The molecule has 0 spiro atoms. The Morgan fingerprint density at radius 1 is 1.32 bits per heavy atom. The van der Waals surface area contributed by atoms with Crippen molar-refractivity contribution in [1.29, 1.82) is 0 Å². The van der Waals surface area contributed by atoms with Gasteiger partial charge in [0.15, 0.2) is 11.5 Å². The molecule has 0 saturated heterocycles. The van der Waals surface area contributed by atoms with E-state index in [1.165, 1.54) is 7.11 Å². The predicted molar refractivity (Wildman–Crippen MR) is 71.4 cm³/mol. The molecule has 1 atom stereocenters. The molecule has 1 aromatic rings. The van der Waals surface area contributed by atoms with Gasteiger partial charge in [-0.1, -0.05) is 19.9 Å². The summed E-state index contributed by atoms with van der Waals surface area (Å²) in [7, 11) is 1.43. The van der Waals surface area contributed by atoms with Gasteiger partial charge in [0.2, 0.25) is 6.79 Å². The summed E-state index contributed by atoms with van der Waals surface area (Å²) in [5.74, 6) is 2.02. The van der Waals surface area contributed by atoms with Crippen LogP contribution in [0.3, 0.4) is 0 Å². The first-order chi connectivity index (χ1) is 9.10. The molecule has 0 aromatic heterocycles. The molecular formula is C15H20O4. The maximum absolute atomic E-state index is 11.5. The second-order valence-electron chi connectivity index (χ2n) is 5.22. The highest BCUT2D eigenvalue weighted by Gasteiger charge is 2.21. The monoisotopic (exact) mass is 264 g/mol. The van der Waals surface area contributed by atoms with Crippen molar-refractivity contribution in [2.75, 3.05) is 13.9 Å². The molecule has 1 aliphatic heterocycles. The third kappa shape index (κ3) is 3.40. The summed E-state index contributed by atoms with van der Waals surface area (Å²) >= 11 is 0. The molecular weight excluding hydrogens is 244 g/mol. The lowest BCUT2D eigenvalue weighted by atomic mass is 9.87. The summed E-state index contributed by atoms with van der Waals surface area (Å²) in [5.41, 5.74) is 1.10. The molecule has 1 aromatic carbocycles. The minimum absolute atomic E-state index is 0.155. The Bertz CT molecular complexity index is 453. The lowest BCUT2D eigenvalue weighted by Gasteiger charge is -2.18. The largest absolute Gasteiger partial charge is 0.469 e. The van der Waals surface area contributed by atoms with Gasteiger partial charge < -0.3 is 14.2 Å². The smallest absolute Gasteiger partial charge is 0.306 e. The van der Waals surface area contributed by atoms with Crippen LogP contribution in [0, 0.1) is 5.92 Å². The molecule has 104 valence electrons. The summed E-state index contributed by atoms with van der Waals surface area (Å²) in [6.45, 7) is 4.57. The van der Waals surface area contributed by atoms with E-state index in [0.717, 1.165) is 23.5 Å². The molecule has 4 heteroatoms. The Kier molecular flexibility index (Phi) is 4.30. The molecule has 0 N–H and O–H groups in total. The first-order valence-corrected chi connectivity index (χ1v) is 6.56. The maximum atomic E-state index is 11.5. The quantitative estimate of drug-likeness (QED) is 0.766. The van der Waals surface area contributed by atoms with Crippen LogP contribution in [0.2, 0.25) is 0 Å². The topological polar surface area (TPSA) is 44.8 Å². The van der Waals surface area contributed by atoms with Gasteiger partial charge in [-0.05, 0) is 36.0 Å². The summed E-state index contributed by atoms with van der Waals surface area (Å²) in [6.07, 6.45) is 1.34. The fourth-order valence-electron chi connectivity index (χ4n) is 2.36. The molecule has 2 rings (SSSR count). The summed E-state index contributed by atoms with van der Waals surface area (Å²) < 4.78 is 15.5. The van der Waals surface area contributed by atoms with E-state index >= 15 is 0 Å². The zero-order chi connectivity index (χ0) is 13.8. The van der Waals surface area contributed by atoms with Crippen molar-refractivity contribution in [3.8, 4) is 11.5 Å². The standard InChI is InChI=1S/C15H20O4/c1-10(2)6-12(8-15(16)17-3)11-4-5-13-14(7-11)19-9-18-13/h4-5,7,10,12H,6,8-9H2,1-3H3. The van der Waals surface area contributed by atoms with Crippen molar-refractivity contribution in [1.82, 2.24) is 0 Å². The van der Waals surface area contributed by atoms with Crippen LogP contribution in [-0.2, 0) is 9.53 Å². The maximum Gasteiger partial charge on any atom is 0.306 e. The van der Waals surface area contributed by atoms with Crippen LogP contribution >= 0.6 is 0 Å². The molecule has 1 heterocycles. The zero-order valence-corrected chi connectivity index (χ0v) is 11.6. The number of hydrogen-bond acceptors (Lipinski definition) is 4. The zero-order valence-electron chi connectivity index (χ0n) is 11.6. The summed E-state index contributed by atoms with van der Waals surface area (Å²) in [6, 6.07) is 5.88. The number of ether oxygens (including phenoxy) is 3. The Hall–Kier alpha value is -1.71. The molecule has 0 radical (unpaired) electrons. The molecule has 19 heavy (non-hydrogen) atoms. The van der Waals surface area contributed by atoms with Crippen LogP contribution in [0.15, 0.2) is 18.2 Å². The first kappa shape index (κ1) is 13.7. The number of benzene rings is 1. The van der Waals surface area contributed by atoms with Gasteiger partial charge >= 0.3 is 5.97 Å². The van der Waals surface area contributed by atoms with Crippen LogP contribution < -0.4 is 9.47 Å². The van der Waals surface area contributed by atoms with Gasteiger partial charge in [0, 0.05) is 0 Å². The molecule has 1 aliphatic rings. The minimum atomic E-state index is -0.177. The van der Waals surface area contributed by atoms with Crippen molar-refractivity contribution in [2.24, 2.45) is 5.92 Å². The molecule has 0 bridgehead atoms. The van der Waals surface area contributed by atoms with Gasteiger partial charge in [-0.15, -0.1) is 0 Å². The highest BCUT2D eigenvalue weighted by Crippen LogP contribution is 2.37. The number of fused-ring (bicyclic) bond motifs is 1. The van der Waals surface area contributed by atoms with Crippen LogP contribution in [0.25, 0.3) is 0 Å². The van der Waals surface area contributed by atoms with E-state index in [9.17, 15) is 4.79 Å². The molecule has 4 nitrogen and oxygen atoms in total. The predicted octanol–water partition coefficient (Wildman–Crippen LogP) is 3.11. The van der Waals surface area contributed by atoms with E-state index in [1.54, 1.807) is 0 Å². The molecule has 1 unspecified atom stereocenters. The van der Waals surface area contributed by atoms with Gasteiger partial charge in [0.25, 0.3) is 0 Å². The number of hydrogen-bond donors (Lipinski definition) is 0. The van der Waals surface area contributed by atoms with Crippen LogP contribution in [0.4, 0.5) is 0 Å². The third-order valence-electron chi connectivity index (χ3n) is 3.26. The van der Waals surface area contributed by atoms with Crippen molar-refractivity contribution in [2.45, 2.75) is 32.6 Å². The second-order valence-corrected chi connectivity index (χ2v) is 5.22. The minimum Gasteiger partial charge on any atom is -0.469 e. The number of rotatable bonds is 5. The number of carbonyl (C=O) groups excluding carboxylic acids is 1. The van der Waals surface area contributed by atoms with Crippen LogP contribution in [-0.4, -0.2) is 19.9 Å². The first-order valence-electron chi connectivity index (χ1n) is 6.56. The van der Waals surface area contributed by atoms with E-state index in [1.807, 2.05) is 18.2 Å². The van der Waals surface area contributed by atoms with Gasteiger partial charge in [0.1, 0.15) is 0 Å². The molecule has 0 amide bonds. The van der Waals surface area contributed by atoms with Crippen molar-refractivity contribution < 1.29 is 19.0 Å². The highest BCUT2D eigenvalue weighted by atomic mass is 16.7. The SMILES string of the molecule is COC(=O)CC(CC(C)C)c1ccc2c(c1)OCO2. The van der Waals surface area contributed by atoms with Crippen molar-refractivity contribution in [3.63, 3.8) is 0 Å². The Labute approximate surface area is 113 Å². The van der Waals surface area contributed by atoms with Gasteiger partial charge in [-0.25, -0.2) is 0 Å². The van der Waals surface area contributed by atoms with E-state index in [2.05, 4.69) is 13.8 Å². The van der Waals surface area contributed by atoms with Crippen LogP contribution in [0.5, 0.6) is 11.5 Å². The number of carbonyl (C=O) groups is 1. The Morgan fingerprint density at radius 2 is 2.05 bits per heavy atom. The van der Waals surface area contributed by atoms with E-state index in [4.69, 9.17) is 14.2 Å². The van der Waals surface area contributed by atoms with Gasteiger partial charge in [-0.3, -0.25) is 4.79 Å². The Morgan fingerprint density at radius 3 is 2.74 bits per heavy atom. The average Bonchev–Trinajstić information content (AvgIpc) is 2.84. The van der Waals surface area contributed by atoms with E-state index in [0.29, 0.717) is 12.3 Å². The molecule has 0 aliphatic carbocycles. The number of esters is 1. The second kappa shape index (κ2) is 5.95. The normalized spacial score (nSPS) is 14.5. The molecule has 0 saturated carbocycles. The van der Waals surface area contributed by atoms with Gasteiger partial charge in [-0.2, -0.15) is 0 Å². The lowest BCUT2D eigenvalue weighted by molar-refractivity contribution is -0.141. The summed E-state index contributed by atoms with van der Waals surface area (Å²) in [4.78, 5) is 11.5. The highest BCUT2D eigenvalue weighted by molar-refractivity contribution is 5.70. The van der Waals surface area contributed by atoms with E-state index < -0.39 is 0 Å². The van der Waals surface area contributed by atoms with E-state index in [-0.39, 0.29) is 18.7 Å². The van der Waals surface area contributed by atoms with Gasteiger partial charge in [0.05, 0.1) is 13.5 Å². The molecule has 0 fully saturated rings. The van der Waals surface area contributed by atoms with Crippen LogP contribution in [0.1, 0.15) is 38.2 Å². The van der Waals surface area contributed by atoms with Crippen molar-refractivity contribution in [3.05, 3.63) is 23.8 Å². The fraction of sp³-hybridized carbons (Fsp3) is 0.533. The number of methoxy groups -OCH3 is 1. The fourth-order valence-corrected chi connectivity index (χ4v) is 2.36. The lowest BCUT2D eigenvalue weighted by Crippen LogP contribution is -2.11. The summed E-state index contributed by atoms with van der Waals surface area (Å²) in [5, 5.41) is 0.